The molecule has 0 aliphatic heterocycles. The Morgan fingerprint density at radius 3 is 2.60 bits per heavy atom. The van der Waals surface area contributed by atoms with E-state index in [1.54, 1.807) is 13.2 Å². The summed E-state index contributed by atoms with van der Waals surface area (Å²) in [7, 11) is 1.55. The molecule has 1 aromatic carbocycles. The van der Waals surface area contributed by atoms with Crippen LogP contribution in [-0.2, 0) is 11.3 Å². The summed E-state index contributed by atoms with van der Waals surface area (Å²) in [6.45, 7) is 7.79. The highest BCUT2D eigenvalue weighted by atomic mass is 16.5. The van der Waals surface area contributed by atoms with Crippen molar-refractivity contribution >= 4 is 5.84 Å². The first-order chi connectivity index (χ1) is 9.37. The van der Waals surface area contributed by atoms with Crippen molar-refractivity contribution in [3.8, 4) is 5.75 Å². The van der Waals surface area contributed by atoms with Crippen LogP contribution in [0.15, 0.2) is 23.4 Å². The first-order valence-corrected chi connectivity index (χ1v) is 6.60. The minimum atomic E-state index is 0.0297. The van der Waals surface area contributed by atoms with Crippen LogP contribution in [0.3, 0.4) is 0 Å². The molecule has 0 aliphatic rings. The maximum Gasteiger partial charge on any atom is 0.173 e. The van der Waals surface area contributed by atoms with Crippen LogP contribution < -0.4 is 10.5 Å². The number of rotatable bonds is 6. The predicted molar refractivity (Wildman–Crippen MR) is 79.2 cm³/mol. The van der Waals surface area contributed by atoms with Gasteiger partial charge in [-0.25, -0.2) is 0 Å². The molecule has 1 aromatic rings. The Labute approximate surface area is 120 Å². The summed E-state index contributed by atoms with van der Waals surface area (Å²) in [5.74, 6) is 0.597. The van der Waals surface area contributed by atoms with E-state index in [0.29, 0.717) is 24.5 Å². The molecular formula is C15H24N2O3. The number of oxime groups is 1. The van der Waals surface area contributed by atoms with Crippen molar-refractivity contribution in [3.05, 3.63) is 29.3 Å². The minimum absolute atomic E-state index is 0.0297. The van der Waals surface area contributed by atoms with Crippen LogP contribution in [0.1, 0.15) is 38.3 Å². The largest absolute Gasteiger partial charge is 0.496 e. The van der Waals surface area contributed by atoms with Crippen molar-refractivity contribution in [1.82, 2.24) is 0 Å². The van der Waals surface area contributed by atoms with Crippen molar-refractivity contribution in [2.45, 2.75) is 33.8 Å². The second kappa shape index (κ2) is 7.14. The third kappa shape index (κ3) is 5.09. The second-order valence-electron chi connectivity index (χ2n) is 5.88. The normalized spacial score (nSPS) is 12.5. The van der Waals surface area contributed by atoms with Crippen molar-refractivity contribution in [2.24, 2.45) is 16.3 Å². The van der Waals surface area contributed by atoms with E-state index in [4.69, 9.17) is 20.4 Å². The third-order valence-electron chi connectivity index (χ3n) is 2.91. The first-order valence-electron chi connectivity index (χ1n) is 6.60. The smallest absolute Gasteiger partial charge is 0.173 e. The number of nitrogens with zero attached hydrogens (tertiary/aromatic N) is 1. The zero-order valence-electron chi connectivity index (χ0n) is 12.6. The highest BCUT2D eigenvalue weighted by Gasteiger charge is 2.11. The van der Waals surface area contributed by atoms with Crippen molar-refractivity contribution < 1.29 is 14.7 Å². The summed E-state index contributed by atoms with van der Waals surface area (Å²) in [6.07, 6.45) is 1.01. The lowest BCUT2D eigenvalue weighted by atomic mass is 9.93. The molecule has 0 aliphatic carbocycles. The molecule has 1 rings (SSSR count). The molecule has 0 saturated heterocycles. The molecule has 3 N–H and O–H groups in total. The van der Waals surface area contributed by atoms with Gasteiger partial charge in [-0.05, 0) is 29.5 Å². The number of hydrogen-bond acceptors (Lipinski definition) is 4. The van der Waals surface area contributed by atoms with E-state index in [1.807, 2.05) is 12.1 Å². The van der Waals surface area contributed by atoms with E-state index < -0.39 is 0 Å². The quantitative estimate of drug-likeness (QED) is 0.276. The summed E-state index contributed by atoms with van der Waals surface area (Å²) < 4.78 is 10.9. The molecule has 0 atom stereocenters. The van der Waals surface area contributed by atoms with E-state index >= 15 is 0 Å². The Hall–Kier alpha value is -1.75. The SMILES string of the molecule is COc1cc(COCCC(C)(C)C)ccc1/C(N)=N/O. The number of ether oxygens (including phenoxy) is 2. The molecule has 0 spiro atoms. The highest BCUT2D eigenvalue weighted by molar-refractivity contribution is 5.99. The van der Waals surface area contributed by atoms with Crippen molar-refractivity contribution in [1.29, 1.82) is 0 Å². The first kappa shape index (κ1) is 16.3. The number of nitrogens with two attached hydrogens (primary N) is 1. The summed E-state index contributed by atoms with van der Waals surface area (Å²) in [4.78, 5) is 0. The van der Waals surface area contributed by atoms with Gasteiger partial charge in [0.2, 0.25) is 0 Å². The molecule has 0 saturated carbocycles. The molecule has 20 heavy (non-hydrogen) atoms. The van der Waals surface area contributed by atoms with Gasteiger partial charge in [-0.2, -0.15) is 0 Å². The molecule has 112 valence electrons. The van der Waals surface area contributed by atoms with E-state index in [-0.39, 0.29) is 11.3 Å². The van der Waals surface area contributed by atoms with E-state index in [1.165, 1.54) is 0 Å². The van der Waals surface area contributed by atoms with Crippen LogP contribution in [0.5, 0.6) is 5.75 Å². The maximum absolute atomic E-state index is 8.71. The number of methoxy groups -OCH3 is 1. The van der Waals surface area contributed by atoms with Crippen LogP contribution in [0, 0.1) is 5.41 Å². The fraction of sp³-hybridized carbons (Fsp3) is 0.533. The Kier molecular flexibility index (Phi) is 5.82. The van der Waals surface area contributed by atoms with Gasteiger partial charge in [0.1, 0.15) is 5.75 Å². The molecule has 0 amide bonds. The average Bonchev–Trinajstić information content (AvgIpc) is 2.41. The predicted octanol–water partition coefficient (Wildman–Crippen LogP) is 2.74. The monoisotopic (exact) mass is 280 g/mol. The lowest BCUT2D eigenvalue weighted by Crippen LogP contribution is -2.14. The van der Waals surface area contributed by atoms with Gasteiger partial charge < -0.3 is 20.4 Å². The lowest BCUT2D eigenvalue weighted by molar-refractivity contribution is 0.0961. The molecule has 0 unspecified atom stereocenters. The van der Waals surface area contributed by atoms with Gasteiger partial charge in [-0.1, -0.05) is 32.0 Å². The van der Waals surface area contributed by atoms with Crippen LogP contribution in [0.4, 0.5) is 0 Å². The van der Waals surface area contributed by atoms with E-state index in [2.05, 4.69) is 25.9 Å². The van der Waals surface area contributed by atoms with Crippen LogP contribution in [-0.4, -0.2) is 24.8 Å². The number of hydrogen-bond donors (Lipinski definition) is 2. The molecule has 5 nitrogen and oxygen atoms in total. The van der Waals surface area contributed by atoms with Gasteiger partial charge in [0.25, 0.3) is 0 Å². The summed E-state index contributed by atoms with van der Waals surface area (Å²) >= 11 is 0. The number of amidine groups is 1. The zero-order valence-corrected chi connectivity index (χ0v) is 12.6. The van der Waals surface area contributed by atoms with Gasteiger partial charge in [0.15, 0.2) is 5.84 Å². The van der Waals surface area contributed by atoms with Crippen molar-refractivity contribution in [3.63, 3.8) is 0 Å². The van der Waals surface area contributed by atoms with Gasteiger partial charge >= 0.3 is 0 Å². The second-order valence-corrected chi connectivity index (χ2v) is 5.88. The Balaban J connectivity index is 2.65. The Morgan fingerprint density at radius 1 is 1.35 bits per heavy atom. The molecule has 0 fully saturated rings. The summed E-state index contributed by atoms with van der Waals surface area (Å²) in [5.41, 5.74) is 7.40. The maximum atomic E-state index is 8.71. The lowest BCUT2D eigenvalue weighted by Gasteiger charge is -2.17. The average molecular weight is 280 g/mol. The standard InChI is InChI=1S/C15H24N2O3/c1-15(2,3)7-8-20-10-11-5-6-12(14(16)17-18)13(9-11)19-4/h5-6,9,18H,7-8,10H2,1-4H3,(H2,16,17). The van der Waals surface area contributed by atoms with Gasteiger partial charge in [0, 0.05) is 6.61 Å². The fourth-order valence-electron chi connectivity index (χ4n) is 1.66. The van der Waals surface area contributed by atoms with Gasteiger partial charge in [-0.3, -0.25) is 0 Å². The van der Waals surface area contributed by atoms with Crippen LogP contribution >= 0.6 is 0 Å². The zero-order chi connectivity index (χ0) is 15.2. The fourth-order valence-corrected chi connectivity index (χ4v) is 1.66. The Bertz CT molecular complexity index is 465. The van der Waals surface area contributed by atoms with Crippen LogP contribution in [0.2, 0.25) is 0 Å². The number of benzene rings is 1. The third-order valence-corrected chi connectivity index (χ3v) is 2.91. The van der Waals surface area contributed by atoms with Crippen molar-refractivity contribution in [2.75, 3.05) is 13.7 Å². The topological polar surface area (TPSA) is 77.1 Å². The Morgan fingerprint density at radius 2 is 2.05 bits per heavy atom. The minimum Gasteiger partial charge on any atom is -0.496 e. The molecule has 0 heterocycles. The van der Waals surface area contributed by atoms with Gasteiger partial charge in [0.05, 0.1) is 19.3 Å². The molecule has 0 bridgehead atoms. The van der Waals surface area contributed by atoms with Gasteiger partial charge in [-0.15, -0.1) is 0 Å². The van der Waals surface area contributed by atoms with E-state index in [9.17, 15) is 0 Å². The summed E-state index contributed by atoms with van der Waals surface area (Å²) in [6, 6.07) is 5.48. The summed E-state index contributed by atoms with van der Waals surface area (Å²) in [5, 5.41) is 11.7. The van der Waals surface area contributed by atoms with Crippen LogP contribution in [0.25, 0.3) is 0 Å². The highest BCUT2D eigenvalue weighted by Crippen LogP contribution is 2.21. The molecule has 0 radical (unpaired) electrons. The molecular weight excluding hydrogens is 256 g/mol. The molecule has 5 heteroatoms. The van der Waals surface area contributed by atoms with E-state index in [0.717, 1.165) is 12.0 Å². The molecule has 0 aromatic heterocycles.